The largest absolute Gasteiger partial charge is 0.335 e. The second-order valence-corrected chi connectivity index (χ2v) is 6.17. The Kier molecular flexibility index (Phi) is 5.30. The topological polar surface area (TPSA) is 87.5 Å². The maximum atomic E-state index is 12.7. The molecule has 1 aliphatic carbocycles. The van der Waals surface area contributed by atoms with Crippen molar-refractivity contribution in [3.05, 3.63) is 65.7 Å². The lowest BCUT2D eigenvalue weighted by Gasteiger charge is -2.31. The van der Waals surface area contributed by atoms with E-state index in [1.165, 1.54) is 6.42 Å². The number of nitrogen functional groups attached to an aromatic ring is 1. The van der Waals surface area contributed by atoms with Crippen LogP contribution < -0.4 is 21.5 Å². The van der Waals surface area contributed by atoms with Gasteiger partial charge in [-0.1, -0.05) is 30.3 Å². The molecular formula is C19H22N4O2. The molecule has 0 unspecified atom stereocenters. The van der Waals surface area contributed by atoms with E-state index in [-0.39, 0.29) is 18.0 Å². The molecule has 25 heavy (non-hydrogen) atoms. The van der Waals surface area contributed by atoms with Gasteiger partial charge in [-0.25, -0.2) is 10.6 Å². The van der Waals surface area contributed by atoms with Gasteiger partial charge < -0.3 is 5.32 Å². The number of carbonyl (C=O) groups is 2. The predicted molar refractivity (Wildman–Crippen MR) is 96.9 cm³/mol. The highest BCUT2D eigenvalue weighted by molar-refractivity contribution is 5.94. The molecule has 2 aromatic rings. The molecule has 0 radical (unpaired) electrons. The van der Waals surface area contributed by atoms with Gasteiger partial charge in [0.25, 0.3) is 5.91 Å². The number of rotatable bonds is 5. The smallest absolute Gasteiger partial charge is 0.322 e. The van der Waals surface area contributed by atoms with Crippen LogP contribution in [0.3, 0.4) is 0 Å². The van der Waals surface area contributed by atoms with Gasteiger partial charge in [-0.3, -0.25) is 15.1 Å². The summed E-state index contributed by atoms with van der Waals surface area (Å²) in [5.41, 5.74) is 4.36. The lowest BCUT2D eigenvalue weighted by Crippen LogP contribution is -2.47. The molecule has 3 amide bonds. The summed E-state index contributed by atoms with van der Waals surface area (Å²) < 4.78 is 0. The minimum atomic E-state index is -0.339. The molecule has 2 aromatic carbocycles. The molecule has 0 bridgehead atoms. The van der Waals surface area contributed by atoms with Crippen LogP contribution in [0, 0.1) is 0 Å². The van der Waals surface area contributed by atoms with E-state index < -0.39 is 0 Å². The van der Waals surface area contributed by atoms with Crippen LogP contribution in [0.15, 0.2) is 54.6 Å². The molecule has 1 saturated carbocycles. The summed E-state index contributed by atoms with van der Waals surface area (Å²) in [6.45, 7) is 0.424. The molecule has 130 valence electrons. The molecule has 0 atom stereocenters. The average Bonchev–Trinajstić information content (AvgIpc) is 2.63. The number of hydrazine groups is 1. The second kappa shape index (κ2) is 7.81. The number of hydrogen-bond donors (Lipinski definition) is 3. The van der Waals surface area contributed by atoms with Crippen molar-refractivity contribution >= 4 is 17.6 Å². The summed E-state index contributed by atoms with van der Waals surface area (Å²) in [5, 5.41) is 3.08. The van der Waals surface area contributed by atoms with E-state index in [4.69, 9.17) is 5.84 Å². The fourth-order valence-electron chi connectivity index (χ4n) is 2.72. The van der Waals surface area contributed by atoms with Crippen LogP contribution in [0.25, 0.3) is 0 Å². The molecule has 6 nitrogen and oxygen atoms in total. The minimum Gasteiger partial charge on any atom is -0.335 e. The SMILES string of the molecule is NNC(=O)c1ccc(CN(C(=O)NC2CCC2)c2ccccc2)cc1. The van der Waals surface area contributed by atoms with Crippen LogP contribution in [0.2, 0.25) is 0 Å². The highest BCUT2D eigenvalue weighted by Crippen LogP contribution is 2.21. The maximum absolute atomic E-state index is 12.7. The number of anilines is 1. The number of benzene rings is 2. The van der Waals surface area contributed by atoms with Gasteiger partial charge in [0.15, 0.2) is 0 Å². The Hall–Kier alpha value is -2.86. The van der Waals surface area contributed by atoms with Gasteiger partial charge in [-0.15, -0.1) is 0 Å². The van der Waals surface area contributed by atoms with E-state index >= 15 is 0 Å². The summed E-state index contributed by atoms with van der Waals surface area (Å²) in [6.07, 6.45) is 3.25. The number of hydrogen-bond acceptors (Lipinski definition) is 3. The van der Waals surface area contributed by atoms with E-state index in [9.17, 15) is 9.59 Å². The molecule has 1 fully saturated rings. The Bertz CT molecular complexity index is 727. The summed E-state index contributed by atoms with van der Waals surface area (Å²) in [4.78, 5) is 26.0. The standard InChI is InChI=1S/C19H22N4O2/c20-22-18(24)15-11-9-14(10-12-15)13-23(17-7-2-1-3-8-17)19(25)21-16-5-4-6-16/h1-3,7-12,16H,4-6,13,20H2,(H,21,25)(H,22,24). The molecule has 0 saturated heterocycles. The number of urea groups is 1. The van der Waals surface area contributed by atoms with Crippen molar-refractivity contribution in [3.8, 4) is 0 Å². The number of nitrogens with one attached hydrogen (secondary N) is 2. The average molecular weight is 338 g/mol. The summed E-state index contributed by atoms with van der Waals surface area (Å²) in [7, 11) is 0. The monoisotopic (exact) mass is 338 g/mol. The normalized spacial score (nSPS) is 13.6. The van der Waals surface area contributed by atoms with Crippen molar-refractivity contribution in [2.45, 2.75) is 31.8 Å². The number of amides is 3. The van der Waals surface area contributed by atoms with Crippen LogP contribution >= 0.6 is 0 Å². The number of para-hydroxylation sites is 1. The first-order chi connectivity index (χ1) is 12.2. The maximum Gasteiger partial charge on any atom is 0.322 e. The van der Waals surface area contributed by atoms with Crippen LogP contribution in [-0.2, 0) is 6.54 Å². The number of nitrogens with zero attached hydrogens (tertiary/aromatic N) is 1. The molecule has 0 heterocycles. The zero-order valence-corrected chi connectivity index (χ0v) is 13.9. The second-order valence-electron chi connectivity index (χ2n) is 6.17. The van der Waals surface area contributed by atoms with Crippen molar-refractivity contribution in [1.29, 1.82) is 0 Å². The molecule has 4 N–H and O–H groups in total. The van der Waals surface area contributed by atoms with Crippen LogP contribution in [-0.4, -0.2) is 18.0 Å². The van der Waals surface area contributed by atoms with E-state index in [0.717, 1.165) is 24.1 Å². The summed E-state index contributed by atoms with van der Waals surface area (Å²) >= 11 is 0. The Labute approximate surface area is 147 Å². The van der Waals surface area contributed by atoms with E-state index in [0.29, 0.717) is 12.1 Å². The molecule has 0 spiro atoms. The first kappa shape index (κ1) is 17.0. The molecule has 6 heteroatoms. The first-order valence-electron chi connectivity index (χ1n) is 8.40. The predicted octanol–water partition coefficient (Wildman–Crippen LogP) is 2.56. The quantitative estimate of drug-likeness (QED) is 0.445. The van der Waals surface area contributed by atoms with Gasteiger partial charge in [0.1, 0.15) is 0 Å². The third-order valence-electron chi connectivity index (χ3n) is 4.43. The van der Waals surface area contributed by atoms with Gasteiger partial charge in [-0.2, -0.15) is 0 Å². The zero-order valence-electron chi connectivity index (χ0n) is 13.9. The Balaban J connectivity index is 1.77. The van der Waals surface area contributed by atoms with E-state index in [1.807, 2.05) is 42.5 Å². The van der Waals surface area contributed by atoms with Crippen LogP contribution in [0.4, 0.5) is 10.5 Å². The Morgan fingerprint density at radius 2 is 1.72 bits per heavy atom. The van der Waals surface area contributed by atoms with Crippen molar-refractivity contribution in [2.24, 2.45) is 5.84 Å². The van der Waals surface area contributed by atoms with Gasteiger partial charge in [0, 0.05) is 17.3 Å². The van der Waals surface area contributed by atoms with E-state index in [2.05, 4.69) is 10.7 Å². The fourth-order valence-corrected chi connectivity index (χ4v) is 2.72. The van der Waals surface area contributed by atoms with Crippen molar-refractivity contribution in [1.82, 2.24) is 10.7 Å². The zero-order chi connectivity index (χ0) is 17.6. The molecule has 3 rings (SSSR count). The van der Waals surface area contributed by atoms with Gasteiger partial charge in [0.05, 0.1) is 6.54 Å². The third kappa shape index (κ3) is 4.16. The molecule has 0 aliphatic heterocycles. The van der Waals surface area contributed by atoms with Gasteiger partial charge in [-0.05, 0) is 49.1 Å². The highest BCUT2D eigenvalue weighted by Gasteiger charge is 2.23. The Morgan fingerprint density at radius 1 is 1.04 bits per heavy atom. The van der Waals surface area contributed by atoms with Crippen LogP contribution in [0.1, 0.15) is 35.2 Å². The fraction of sp³-hybridized carbons (Fsp3) is 0.263. The first-order valence-corrected chi connectivity index (χ1v) is 8.40. The van der Waals surface area contributed by atoms with Crippen molar-refractivity contribution < 1.29 is 9.59 Å². The lowest BCUT2D eigenvalue weighted by molar-refractivity contribution is 0.0953. The molecule has 0 aromatic heterocycles. The Morgan fingerprint density at radius 3 is 2.28 bits per heavy atom. The number of carbonyl (C=O) groups excluding carboxylic acids is 2. The molecular weight excluding hydrogens is 316 g/mol. The van der Waals surface area contributed by atoms with Crippen molar-refractivity contribution in [3.63, 3.8) is 0 Å². The summed E-state index contributed by atoms with van der Waals surface area (Å²) in [5.74, 6) is 4.80. The highest BCUT2D eigenvalue weighted by atomic mass is 16.2. The van der Waals surface area contributed by atoms with Gasteiger partial charge in [0.2, 0.25) is 0 Å². The molecule has 1 aliphatic rings. The lowest BCUT2D eigenvalue weighted by atomic mass is 9.93. The number of nitrogens with two attached hydrogens (primary N) is 1. The van der Waals surface area contributed by atoms with Crippen LogP contribution in [0.5, 0.6) is 0 Å². The third-order valence-corrected chi connectivity index (χ3v) is 4.43. The summed E-state index contributed by atoms with van der Waals surface area (Å²) in [6, 6.07) is 16.8. The van der Waals surface area contributed by atoms with Crippen molar-refractivity contribution in [2.75, 3.05) is 4.90 Å². The minimum absolute atomic E-state index is 0.0975. The van der Waals surface area contributed by atoms with E-state index in [1.54, 1.807) is 17.0 Å². The van der Waals surface area contributed by atoms with Gasteiger partial charge >= 0.3 is 6.03 Å².